The van der Waals surface area contributed by atoms with Crippen LogP contribution in [0, 0.1) is 5.41 Å². The molecule has 9 nitrogen and oxygen atoms in total. The fraction of sp³-hybridized carbons (Fsp3) is 0.850. The zero-order valence-corrected chi connectivity index (χ0v) is 19.8. The summed E-state index contributed by atoms with van der Waals surface area (Å²) in [7, 11) is 1.70. The minimum absolute atomic E-state index is 0.109. The number of β-amino-alcohol motifs (C(OH)–C–C–N with tert-alkyl or cyclic N) is 1. The molecule has 4 N–H and O–H groups in total. The van der Waals surface area contributed by atoms with Gasteiger partial charge in [-0.05, 0) is 64.6 Å². The number of carbonyl (C=O) groups is 3. The highest BCUT2D eigenvalue weighted by molar-refractivity contribution is 5.77. The minimum atomic E-state index is -5.08. The Balaban J connectivity index is 0.000000680. The quantitative estimate of drug-likeness (QED) is 0.410. The van der Waals surface area contributed by atoms with Crippen LogP contribution in [0.2, 0.25) is 0 Å². The van der Waals surface area contributed by atoms with Gasteiger partial charge in [0.05, 0.1) is 12.1 Å². The lowest BCUT2D eigenvalue weighted by molar-refractivity contribution is -0.193. The Bertz CT molecular complexity index is 677. The van der Waals surface area contributed by atoms with Gasteiger partial charge in [-0.15, -0.1) is 0 Å². The maximum absolute atomic E-state index is 11.5. The van der Waals surface area contributed by atoms with Crippen LogP contribution in [0.1, 0.15) is 39.5 Å². The summed E-state index contributed by atoms with van der Waals surface area (Å²) in [6.07, 6.45) is -5.30. The summed E-state index contributed by atoms with van der Waals surface area (Å²) in [5.74, 6) is -5.40. The number of nitrogens with one attached hydrogen (secondary N) is 1. The molecule has 0 unspecified atom stereocenters. The van der Waals surface area contributed by atoms with Crippen molar-refractivity contribution in [2.75, 3.05) is 46.3 Å². The molecular formula is C20H33F6N3O6. The number of hydrogen-bond acceptors (Lipinski definition) is 6. The minimum Gasteiger partial charge on any atom is -0.475 e. The van der Waals surface area contributed by atoms with E-state index in [0.717, 1.165) is 32.7 Å². The Morgan fingerprint density at radius 3 is 1.63 bits per heavy atom. The van der Waals surface area contributed by atoms with Gasteiger partial charge in [-0.1, -0.05) is 0 Å². The number of rotatable bonds is 4. The van der Waals surface area contributed by atoms with E-state index in [0.29, 0.717) is 12.0 Å². The first-order valence-corrected chi connectivity index (χ1v) is 10.7. The van der Waals surface area contributed by atoms with Crippen LogP contribution >= 0.6 is 0 Å². The molecule has 2 heterocycles. The van der Waals surface area contributed by atoms with E-state index in [1.54, 1.807) is 7.05 Å². The number of piperidine rings is 2. The van der Waals surface area contributed by atoms with Gasteiger partial charge in [0.1, 0.15) is 0 Å². The number of carboxylic acids is 2. The van der Waals surface area contributed by atoms with Crippen LogP contribution in [0.25, 0.3) is 0 Å². The van der Waals surface area contributed by atoms with Gasteiger partial charge >= 0.3 is 24.3 Å². The van der Waals surface area contributed by atoms with Crippen molar-refractivity contribution in [3.63, 3.8) is 0 Å². The molecule has 2 rings (SSSR count). The number of amides is 1. The van der Waals surface area contributed by atoms with E-state index < -0.39 is 29.9 Å². The molecule has 35 heavy (non-hydrogen) atoms. The van der Waals surface area contributed by atoms with Crippen LogP contribution in [0.3, 0.4) is 0 Å². The van der Waals surface area contributed by atoms with E-state index in [9.17, 15) is 36.2 Å². The first-order chi connectivity index (χ1) is 15.7. The highest BCUT2D eigenvalue weighted by Gasteiger charge is 2.40. The summed E-state index contributed by atoms with van der Waals surface area (Å²) < 4.78 is 63.5. The Hall–Kier alpha value is -2.13. The Morgan fingerprint density at radius 2 is 1.29 bits per heavy atom. The normalized spacial score (nSPS) is 19.0. The molecule has 1 amide bonds. The number of carbonyl (C=O) groups excluding carboxylic acids is 1. The van der Waals surface area contributed by atoms with Gasteiger partial charge in [-0.25, -0.2) is 9.59 Å². The maximum Gasteiger partial charge on any atom is 0.490 e. The van der Waals surface area contributed by atoms with Gasteiger partial charge < -0.3 is 20.6 Å². The lowest BCUT2D eigenvalue weighted by Gasteiger charge is -2.48. The molecule has 0 aliphatic carbocycles. The third-order valence-corrected chi connectivity index (χ3v) is 5.40. The fourth-order valence-electron chi connectivity index (χ4n) is 3.87. The second-order valence-electron chi connectivity index (χ2n) is 9.18. The monoisotopic (exact) mass is 525 g/mol. The molecule has 0 bridgehead atoms. The third-order valence-electron chi connectivity index (χ3n) is 5.40. The van der Waals surface area contributed by atoms with Crippen LogP contribution in [0.5, 0.6) is 0 Å². The number of aliphatic carboxylic acids is 2. The average Bonchev–Trinajstić information content (AvgIpc) is 2.68. The molecule has 0 saturated carbocycles. The SMILES string of the molecule is CNC(=O)CN1CCC2(CCCN(CC(C)(C)O)C2)CC1.O=C(O)C(F)(F)F.O=C(O)C(F)(F)F. The van der Waals surface area contributed by atoms with Crippen LogP contribution in [-0.4, -0.2) is 107 Å². The van der Waals surface area contributed by atoms with E-state index in [1.165, 1.54) is 25.7 Å². The van der Waals surface area contributed by atoms with Crippen LogP contribution in [0.15, 0.2) is 0 Å². The molecule has 0 radical (unpaired) electrons. The number of alkyl halides is 6. The van der Waals surface area contributed by atoms with Gasteiger partial charge in [0.2, 0.25) is 5.91 Å². The van der Waals surface area contributed by atoms with Crippen molar-refractivity contribution in [2.45, 2.75) is 57.5 Å². The molecule has 0 aromatic rings. The number of likely N-dealkylation sites (N-methyl/N-ethyl adjacent to an activating group) is 1. The zero-order valence-electron chi connectivity index (χ0n) is 19.8. The molecule has 0 aromatic heterocycles. The largest absolute Gasteiger partial charge is 0.490 e. The van der Waals surface area contributed by atoms with Crippen molar-refractivity contribution in [3.05, 3.63) is 0 Å². The lowest BCUT2D eigenvalue weighted by Crippen LogP contribution is -2.53. The second kappa shape index (κ2) is 13.3. The van der Waals surface area contributed by atoms with E-state index in [1.807, 2.05) is 13.8 Å². The molecular weight excluding hydrogens is 492 g/mol. The molecule has 2 aliphatic rings. The summed E-state index contributed by atoms with van der Waals surface area (Å²) in [6, 6.07) is 0. The number of nitrogens with zero attached hydrogens (tertiary/aromatic N) is 2. The molecule has 0 atom stereocenters. The summed E-state index contributed by atoms with van der Waals surface area (Å²) in [6.45, 7) is 9.31. The smallest absolute Gasteiger partial charge is 0.475 e. The molecule has 0 aromatic carbocycles. The van der Waals surface area contributed by atoms with Crippen LogP contribution < -0.4 is 5.32 Å². The zero-order chi connectivity index (χ0) is 27.7. The van der Waals surface area contributed by atoms with Gasteiger partial charge in [-0.3, -0.25) is 14.6 Å². The Kier molecular flexibility index (Phi) is 12.4. The highest BCUT2D eigenvalue weighted by atomic mass is 19.4. The van der Waals surface area contributed by atoms with E-state index in [2.05, 4.69) is 15.1 Å². The summed E-state index contributed by atoms with van der Waals surface area (Å²) in [5, 5.41) is 27.0. The first kappa shape index (κ1) is 32.9. The molecule has 2 aliphatic heterocycles. The van der Waals surface area contributed by atoms with Crippen LogP contribution in [0.4, 0.5) is 26.3 Å². The molecule has 1 spiro atoms. The standard InChI is InChI=1S/C16H31N3O2.2C2HF3O2/c1-15(2,21)12-19-8-4-5-16(13-19)6-9-18(10-7-16)11-14(20)17-3;2*3-2(4,5)1(6)7/h21H,4-13H2,1-3H3,(H,17,20);2*(H,6,7). The van der Waals surface area contributed by atoms with Crippen molar-refractivity contribution in [1.82, 2.24) is 15.1 Å². The molecule has 2 saturated heterocycles. The number of halogens is 6. The maximum atomic E-state index is 11.5. The van der Waals surface area contributed by atoms with E-state index in [4.69, 9.17) is 19.8 Å². The topological polar surface area (TPSA) is 130 Å². The second-order valence-corrected chi connectivity index (χ2v) is 9.18. The summed E-state index contributed by atoms with van der Waals surface area (Å²) in [5.41, 5.74) is -0.207. The van der Waals surface area contributed by atoms with Gasteiger partial charge in [-0.2, -0.15) is 26.3 Å². The number of likely N-dealkylation sites (tertiary alicyclic amines) is 2. The fourth-order valence-corrected chi connectivity index (χ4v) is 3.87. The number of hydrogen-bond donors (Lipinski definition) is 4. The predicted molar refractivity (Wildman–Crippen MR) is 112 cm³/mol. The van der Waals surface area contributed by atoms with Gasteiger partial charge in [0, 0.05) is 20.1 Å². The third kappa shape index (κ3) is 14.1. The van der Waals surface area contributed by atoms with Gasteiger partial charge in [0.25, 0.3) is 0 Å². The Morgan fingerprint density at radius 1 is 0.857 bits per heavy atom. The molecule has 2 fully saturated rings. The van der Waals surface area contributed by atoms with Crippen molar-refractivity contribution < 1.29 is 56.0 Å². The number of carboxylic acid groups (broad SMARTS) is 2. The Labute approximate surface area is 199 Å². The predicted octanol–water partition coefficient (Wildman–Crippen LogP) is 1.95. The molecule has 206 valence electrons. The highest BCUT2D eigenvalue weighted by Crippen LogP contribution is 2.40. The summed E-state index contributed by atoms with van der Waals surface area (Å²) in [4.78, 5) is 34.0. The van der Waals surface area contributed by atoms with Crippen molar-refractivity contribution in [1.29, 1.82) is 0 Å². The average molecular weight is 525 g/mol. The van der Waals surface area contributed by atoms with Crippen molar-refractivity contribution >= 4 is 17.8 Å². The van der Waals surface area contributed by atoms with Crippen molar-refractivity contribution in [3.8, 4) is 0 Å². The lowest BCUT2D eigenvalue weighted by atomic mass is 9.72. The van der Waals surface area contributed by atoms with Gasteiger partial charge in [0.15, 0.2) is 0 Å². The first-order valence-electron chi connectivity index (χ1n) is 10.7. The summed E-state index contributed by atoms with van der Waals surface area (Å²) >= 11 is 0. The van der Waals surface area contributed by atoms with Crippen molar-refractivity contribution in [2.24, 2.45) is 5.41 Å². The van der Waals surface area contributed by atoms with E-state index in [-0.39, 0.29) is 5.91 Å². The number of aliphatic hydroxyl groups is 1. The van der Waals surface area contributed by atoms with E-state index >= 15 is 0 Å². The molecule has 15 heteroatoms. The van der Waals surface area contributed by atoms with Crippen LogP contribution in [-0.2, 0) is 14.4 Å².